The van der Waals surface area contributed by atoms with Crippen LogP contribution >= 0.6 is 11.8 Å². The molecule has 1 N–H and O–H groups in total. The second-order valence-corrected chi connectivity index (χ2v) is 9.64. The van der Waals surface area contributed by atoms with Crippen LogP contribution in [0.5, 0.6) is 0 Å². The Bertz CT molecular complexity index is 1240. The van der Waals surface area contributed by atoms with Crippen LogP contribution < -0.4 is 0 Å². The molecule has 0 saturated heterocycles. The lowest BCUT2D eigenvalue weighted by molar-refractivity contribution is 0.0786. The third-order valence-corrected chi connectivity index (χ3v) is 7.52. The zero-order chi connectivity index (χ0) is 19.1. The smallest absolute Gasteiger partial charge is 0.142 e. The Kier molecular flexibility index (Phi) is 3.09. The second kappa shape index (κ2) is 5.28. The Morgan fingerprint density at radius 2 is 2.11 bits per heavy atom. The van der Waals surface area contributed by atoms with Crippen molar-refractivity contribution in [2.45, 2.75) is 29.4 Å². The van der Waals surface area contributed by atoms with Gasteiger partial charge in [-0.05, 0) is 42.2 Å². The summed E-state index contributed by atoms with van der Waals surface area (Å²) in [6.07, 6.45) is 17.3. The van der Waals surface area contributed by atoms with Gasteiger partial charge in [0, 0.05) is 35.0 Å². The van der Waals surface area contributed by atoms with Gasteiger partial charge in [0.15, 0.2) is 0 Å². The summed E-state index contributed by atoms with van der Waals surface area (Å²) in [6, 6.07) is 8.28. The number of allylic oxidation sites excluding steroid dienone is 3. The summed E-state index contributed by atoms with van der Waals surface area (Å²) >= 11 is 2.00. The quantitative estimate of drug-likeness (QED) is 0.679. The fourth-order valence-corrected chi connectivity index (χ4v) is 6.14. The number of hydrogen-bond donors (Lipinski definition) is 1. The van der Waals surface area contributed by atoms with Gasteiger partial charge in [0.1, 0.15) is 5.65 Å². The van der Waals surface area contributed by atoms with Crippen molar-refractivity contribution in [1.29, 1.82) is 0 Å². The highest BCUT2D eigenvalue weighted by molar-refractivity contribution is 8.02. The molecule has 1 aliphatic heterocycles. The highest BCUT2D eigenvalue weighted by atomic mass is 32.2. The van der Waals surface area contributed by atoms with Crippen molar-refractivity contribution < 1.29 is 5.11 Å². The van der Waals surface area contributed by atoms with Crippen molar-refractivity contribution in [2.24, 2.45) is 0 Å². The number of nitrogens with zero attached hydrogens (tertiary/aromatic N) is 2. The number of imidazole rings is 1. The maximum absolute atomic E-state index is 10.5. The number of pyridine rings is 1. The van der Waals surface area contributed by atoms with Gasteiger partial charge >= 0.3 is 0 Å². The van der Waals surface area contributed by atoms with Crippen LogP contribution in [0.1, 0.15) is 30.5 Å². The number of thioether (sulfide) groups is 1. The van der Waals surface area contributed by atoms with E-state index in [1.54, 1.807) is 0 Å². The summed E-state index contributed by atoms with van der Waals surface area (Å²) in [5.74, 6) is 0. The van der Waals surface area contributed by atoms with Gasteiger partial charge in [-0.15, -0.1) is 11.8 Å². The highest BCUT2D eigenvalue weighted by Crippen LogP contribution is 2.68. The van der Waals surface area contributed by atoms with Crippen molar-refractivity contribution in [2.75, 3.05) is 0 Å². The van der Waals surface area contributed by atoms with Crippen LogP contribution in [0.4, 0.5) is 0 Å². The highest BCUT2D eigenvalue weighted by Gasteiger charge is 2.58. The summed E-state index contributed by atoms with van der Waals surface area (Å²) in [5, 5.41) is 10.9. The molecule has 1 aromatic carbocycles. The maximum atomic E-state index is 10.5. The Balaban J connectivity index is 1.57. The van der Waals surface area contributed by atoms with Gasteiger partial charge in [-0.1, -0.05) is 48.6 Å². The average Bonchev–Trinajstić information content (AvgIpc) is 3.02. The van der Waals surface area contributed by atoms with E-state index in [0.717, 1.165) is 16.8 Å². The number of rotatable bonds is 2. The summed E-state index contributed by atoms with van der Waals surface area (Å²) in [5.41, 5.74) is 7.56. The van der Waals surface area contributed by atoms with Crippen molar-refractivity contribution >= 4 is 17.4 Å². The van der Waals surface area contributed by atoms with Gasteiger partial charge in [-0.2, -0.15) is 0 Å². The summed E-state index contributed by atoms with van der Waals surface area (Å²) in [6.45, 7) is 3.67. The standard InChI is InChI=1S/C24H20N2OS/c1-23(2,27)17-8-5-7-15(12-17)18-14-26-11-10-25-22(26)21-20(18)24(21)13-16-6-3-4-9-19(16)28-24/h3-14,19,27H,1-2H3. The SMILES string of the molecule is CC(C)(O)c1cccc(-c2cn3ccnc3c3c2C32C=C3C=CC=CC3S2)c1. The number of aromatic nitrogens is 2. The first-order chi connectivity index (χ1) is 13.5. The number of aliphatic hydroxyl groups is 1. The molecule has 2 aromatic heterocycles. The Hall–Kier alpha value is -2.56. The van der Waals surface area contributed by atoms with E-state index >= 15 is 0 Å². The Morgan fingerprint density at radius 1 is 1.21 bits per heavy atom. The van der Waals surface area contributed by atoms with E-state index < -0.39 is 5.60 Å². The normalized spacial score (nSPS) is 24.5. The molecule has 0 bridgehead atoms. The lowest BCUT2D eigenvalue weighted by atomic mass is 9.94. The largest absolute Gasteiger partial charge is 0.386 e. The van der Waals surface area contributed by atoms with Crippen LogP contribution in [0.15, 0.2) is 78.8 Å². The van der Waals surface area contributed by atoms with Gasteiger partial charge in [0.25, 0.3) is 0 Å². The molecule has 0 saturated carbocycles. The predicted molar refractivity (Wildman–Crippen MR) is 114 cm³/mol. The van der Waals surface area contributed by atoms with Crippen LogP contribution in [-0.2, 0) is 10.3 Å². The summed E-state index contributed by atoms with van der Waals surface area (Å²) in [4.78, 5) is 4.64. The minimum atomic E-state index is -0.863. The van der Waals surface area contributed by atoms with Crippen molar-refractivity contribution in [3.8, 4) is 11.1 Å². The summed E-state index contributed by atoms with van der Waals surface area (Å²) in [7, 11) is 0. The Morgan fingerprint density at radius 3 is 2.93 bits per heavy atom. The topological polar surface area (TPSA) is 37.5 Å². The van der Waals surface area contributed by atoms with E-state index in [9.17, 15) is 5.11 Å². The third-order valence-electron chi connectivity index (χ3n) is 5.94. The molecule has 2 unspecified atom stereocenters. The molecule has 3 aromatic rings. The number of fused-ring (bicyclic) bond motifs is 6. The van der Waals surface area contributed by atoms with Gasteiger partial charge in [-0.3, -0.25) is 0 Å². The molecule has 138 valence electrons. The van der Waals surface area contributed by atoms with Crippen molar-refractivity contribution in [3.63, 3.8) is 0 Å². The molecule has 0 radical (unpaired) electrons. The molecule has 28 heavy (non-hydrogen) atoms. The van der Waals surface area contributed by atoms with E-state index in [4.69, 9.17) is 0 Å². The van der Waals surface area contributed by atoms with Crippen molar-refractivity contribution in [1.82, 2.24) is 9.38 Å². The molecule has 2 atom stereocenters. The monoisotopic (exact) mass is 384 g/mol. The van der Waals surface area contributed by atoms with Gasteiger partial charge < -0.3 is 9.51 Å². The zero-order valence-electron chi connectivity index (χ0n) is 15.8. The van der Waals surface area contributed by atoms with E-state index in [-0.39, 0.29) is 4.75 Å². The van der Waals surface area contributed by atoms with E-state index in [1.165, 1.54) is 22.3 Å². The predicted octanol–water partition coefficient (Wildman–Crippen LogP) is 4.95. The fourth-order valence-electron chi connectivity index (χ4n) is 4.50. The first kappa shape index (κ1) is 16.4. The van der Waals surface area contributed by atoms with Crippen LogP contribution in [0.2, 0.25) is 0 Å². The lowest BCUT2D eigenvalue weighted by Gasteiger charge is -2.18. The molecule has 0 fully saturated rings. The van der Waals surface area contributed by atoms with Crippen LogP contribution in [-0.4, -0.2) is 19.7 Å². The van der Waals surface area contributed by atoms with E-state index in [0.29, 0.717) is 5.25 Å². The minimum Gasteiger partial charge on any atom is -0.386 e. The van der Waals surface area contributed by atoms with Crippen molar-refractivity contribution in [3.05, 3.63) is 95.5 Å². The van der Waals surface area contributed by atoms with Gasteiger partial charge in [0.2, 0.25) is 0 Å². The first-order valence-electron chi connectivity index (χ1n) is 9.57. The third kappa shape index (κ3) is 2.13. The van der Waals surface area contributed by atoms with Crippen LogP contribution in [0, 0.1) is 0 Å². The summed E-state index contributed by atoms with van der Waals surface area (Å²) < 4.78 is 2.04. The molecule has 6 rings (SSSR count). The minimum absolute atomic E-state index is 0.0881. The zero-order valence-corrected chi connectivity index (χ0v) is 16.6. The molecular formula is C24H20N2OS. The number of hydrogen-bond acceptors (Lipinski definition) is 3. The molecule has 3 nitrogen and oxygen atoms in total. The first-order valence-corrected chi connectivity index (χ1v) is 10.4. The maximum Gasteiger partial charge on any atom is 0.142 e. The number of benzene rings is 1. The average molecular weight is 385 g/mol. The molecular weight excluding hydrogens is 364 g/mol. The van der Waals surface area contributed by atoms with Gasteiger partial charge in [0.05, 0.1) is 10.3 Å². The molecule has 1 spiro atoms. The van der Waals surface area contributed by atoms with E-state index in [1.807, 2.05) is 50.1 Å². The fraction of sp³-hybridized carbons (Fsp3) is 0.208. The Labute approximate surface area is 168 Å². The molecule has 3 heterocycles. The molecule has 3 aliphatic rings. The van der Waals surface area contributed by atoms with Crippen LogP contribution in [0.25, 0.3) is 16.8 Å². The van der Waals surface area contributed by atoms with E-state index in [2.05, 4.69) is 58.1 Å². The second-order valence-electron chi connectivity index (χ2n) is 8.25. The molecule has 0 amide bonds. The lowest BCUT2D eigenvalue weighted by Crippen LogP contribution is -2.15. The van der Waals surface area contributed by atoms with Crippen LogP contribution in [0.3, 0.4) is 0 Å². The van der Waals surface area contributed by atoms with Gasteiger partial charge in [-0.25, -0.2) is 4.98 Å². The molecule has 4 heteroatoms. The molecule has 2 aliphatic carbocycles.